The first-order chi connectivity index (χ1) is 26.3. The van der Waals surface area contributed by atoms with E-state index in [1.54, 1.807) is 0 Å². The molecule has 0 heteroatoms. The van der Waals surface area contributed by atoms with Crippen LogP contribution < -0.4 is 0 Å². The summed E-state index contributed by atoms with van der Waals surface area (Å²) >= 11 is 0. The molecule has 0 N–H and O–H groups in total. The van der Waals surface area contributed by atoms with E-state index in [4.69, 9.17) is 0 Å². The first kappa shape index (κ1) is 29.9. The van der Waals surface area contributed by atoms with Gasteiger partial charge in [0.2, 0.25) is 0 Å². The Hall–Kier alpha value is -6.76. The van der Waals surface area contributed by atoms with E-state index < -0.39 is 0 Å². The normalized spacial score (nSPS) is 12.1. The van der Waals surface area contributed by atoms with Gasteiger partial charge in [-0.15, -0.1) is 0 Å². The smallest absolute Gasteiger partial charge is 0.000706 e. The van der Waals surface area contributed by atoms with Crippen LogP contribution in [0, 0.1) is 0 Å². The second-order valence-electron chi connectivity index (χ2n) is 14.4. The van der Waals surface area contributed by atoms with Crippen LogP contribution >= 0.6 is 0 Å². The van der Waals surface area contributed by atoms with Crippen molar-refractivity contribution < 1.29 is 0 Å². The average Bonchev–Trinajstić information content (AvgIpc) is 3.61. The first-order valence-electron chi connectivity index (χ1n) is 18.6. The van der Waals surface area contributed by atoms with Crippen molar-refractivity contribution in [2.75, 3.05) is 0 Å². The van der Waals surface area contributed by atoms with Gasteiger partial charge >= 0.3 is 0 Å². The molecule has 0 saturated heterocycles. The molecular formula is C53H34. The van der Waals surface area contributed by atoms with Gasteiger partial charge in [-0.05, 0) is 128 Å². The summed E-state index contributed by atoms with van der Waals surface area (Å²) in [6, 6.07) is 71.9. The summed E-state index contributed by atoms with van der Waals surface area (Å²) in [4.78, 5) is 0. The van der Waals surface area contributed by atoms with Crippen LogP contribution in [0.5, 0.6) is 0 Å². The number of benzene rings is 10. The van der Waals surface area contributed by atoms with E-state index >= 15 is 0 Å². The van der Waals surface area contributed by atoms with Gasteiger partial charge in [-0.2, -0.15) is 0 Å². The van der Waals surface area contributed by atoms with E-state index in [0.29, 0.717) is 0 Å². The van der Waals surface area contributed by atoms with E-state index in [9.17, 15) is 0 Å². The Morgan fingerprint density at radius 1 is 0.264 bits per heavy atom. The van der Waals surface area contributed by atoms with Crippen LogP contribution in [0.2, 0.25) is 0 Å². The molecule has 0 unspecified atom stereocenters. The monoisotopic (exact) mass is 670 g/mol. The molecule has 0 aromatic heterocycles. The predicted molar refractivity (Wildman–Crippen MR) is 226 cm³/mol. The Morgan fingerprint density at radius 3 is 1.42 bits per heavy atom. The van der Waals surface area contributed by atoms with Gasteiger partial charge in [0, 0.05) is 0 Å². The maximum atomic E-state index is 2.42. The van der Waals surface area contributed by atoms with Crippen molar-refractivity contribution in [1.29, 1.82) is 0 Å². The molecule has 0 saturated carbocycles. The van der Waals surface area contributed by atoms with Crippen LogP contribution in [0.4, 0.5) is 0 Å². The van der Waals surface area contributed by atoms with Crippen LogP contribution in [-0.2, 0) is 6.42 Å². The lowest BCUT2D eigenvalue weighted by Gasteiger charge is -2.19. The van der Waals surface area contributed by atoms with Crippen LogP contribution in [0.1, 0.15) is 11.1 Å². The molecule has 1 aliphatic rings. The van der Waals surface area contributed by atoms with Gasteiger partial charge in [0.1, 0.15) is 0 Å². The quantitative estimate of drug-likeness (QED) is 0.164. The highest BCUT2D eigenvalue weighted by atomic mass is 14.3. The van der Waals surface area contributed by atoms with Gasteiger partial charge in [-0.1, -0.05) is 182 Å². The highest BCUT2D eigenvalue weighted by Crippen LogP contribution is 2.46. The molecule has 10 aromatic carbocycles. The first-order valence-corrected chi connectivity index (χ1v) is 18.6. The third-order valence-corrected chi connectivity index (χ3v) is 11.5. The lowest BCUT2D eigenvalue weighted by molar-refractivity contribution is 1.28. The summed E-state index contributed by atoms with van der Waals surface area (Å²) in [6.07, 6.45) is 0.970. The molecular weight excluding hydrogens is 637 g/mol. The van der Waals surface area contributed by atoms with Crippen molar-refractivity contribution >= 4 is 43.1 Å². The zero-order valence-corrected chi connectivity index (χ0v) is 29.2. The Balaban J connectivity index is 1.05. The molecule has 246 valence electrons. The molecule has 0 aliphatic heterocycles. The summed E-state index contributed by atoms with van der Waals surface area (Å²) in [7, 11) is 0. The maximum Gasteiger partial charge on any atom is -0.000706 e. The zero-order valence-electron chi connectivity index (χ0n) is 29.2. The zero-order chi connectivity index (χ0) is 34.9. The fraction of sp³-hybridized carbons (Fsp3) is 0.0189. The summed E-state index contributed by atoms with van der Waals surface area (Å²) in [5.74, 6) is 0. The summed E-state index contributed by atoms with van der Waals surface area (Å²) in [5.41, 5.74) is 15.6. The third kappa shape index (κ3) is 4.76. The highest BCUT2D eigenvalue weighted by molar-refractivity contribution is 6.21. The largest absolute Gasteiger partial charge is 0.0616 e. The van der Waals surface area contributed by atoms with Gasteiger partial charge < -0.3 is 0 Å². The molecule has 0 bridgehead atoms. The number of rotatable bonds is 4. The summed E-state index contributed by atoms with van der Waals surface area (Å²) in [5, 5.41) is 10.3. The van der Waals surface area contributed by atoms with Crippen LogP contribution in [0.25, 0.3) is 98.7 Å². The number of fused-ring (bicyclic) bond motifs is 8. The van der Waals surface area contributed by atoms with E-state index in [-0.39, 0.29) is 0 Å². The number of hydrogen-bond acceptors (Lipinski definition) is 0. The molecule has 0 nitrogen and oxygen atoms in total. The Kier molecular flexibility index (Phi) is 6.72. The van der Waals surface area contributed by atoms with Crippen molar-refractivity contribution in [2.24, 2.45) is 0 Å². The van der Waals surface area contributed by atoms with Crippen molar-refractivity contribution in [3.63, 3.8) is 0 Å². The Labute approximate surface area is 309 Å². The SMILES string of the molecule is c1cc(-c2ccc3c(c2)Cc2c-3ccc3ccccc23)cc(-c2c3ccccc3c(-c3cccc(-c4cccc5ccccc45)c3)c3ccccc23)c1. The molecule has 0 radical (unpaired) electrons. The van der Waals surface area contributed by atoms with Crippen LogP contribution in [0.3, 0.4) is 0 Å². The van der Waals surface area contributed by atoms with E-state index in [1.807, 2.05) is 0 Å². The molecule has 10 aromatic rings. The van der Waals surface area contributed by atoms with Crippen molar-refractivity contribution in [2.45, 2.75) is 6.42 Å². The molecule has 0 spiro atoms. The third-order valence-electron chi connectivity index (χ3n) is 11.5. The molecule has 0 fully saturated rings. The van der Waals surface area contributed by atoms with Gasteiger partial charge in [0.05, 0.1) is 0 Å². The molecule has 0 heterocycles. The molecule has 0 atom stereocenters. The topological polar surface area (TPSA) is 0 Å². The van der Waals surface area contributed by atoms with Crippen molar-refractivity contribution in [3.8, 4) is 55.6 Å². The van der Waals surface area contributed by atoms with Gasteiger partial charge in [-0.3, -0.25) is 0 Å². The van der Waals surface area contributed by atoms with E-state index in [2.05, 4.69) is 194 Å². The maximum absolute atomic E-state index is 2.42. The minimum absolute atomic E-state index is 0.970. The van der Waals surface area contributed by atoms with Gasteiger partial charge in [-0.25, -0.2) is 0 Å². The second kappa shape index (κ2) is 11.9. The lowest BCUT2D eigenvalue weighted by atomic mass is 9.84. The predicted octanol–water partition coefficient (Wildman–Crippen LogP) is 14.5. The second-order valence-corrected chi connectivity index (χ2v) is 14.4. The van der Waals surface area contributed by atoms with Crippen LogP contribution in [-0.4, -0.2) is 0 Å². The summed E-state index contributed by atoms with van der Waals surface area (Å²) < 4.78 is 0. The minimum atomic E-state index is 0.970. The van der Waals surface area contributed by atoms with Crippen molar-refractivity contribution in [3.05, 3.63) is 205 Å². The Bertz CT molecular complexity index is 3030. The Morgan fingerprint density at radius 2 is 0.736 bits per heavy atom. The molecule has 11 rings (SSSR count). The van der Waals surface area contributed by atoms with Gasteiger partial charge in [0.25, 0.3) is 0 Å². The molecule has 0 amide bonds. The standard InChI is InChI=1S/C53H34/c1-3-19-42-34(12-1)14-11-25-44(42)38-16-10-18-40(32-38)53-49-23-7-5-21-47(49)52(48-22-6-8-24-50(48)53)39-17-9-15-36(30-39)37-27-28-45-41(31-37)33-51-43-20-4-2-13-35(43)26-29-46(45)51/h1-32H,33H2. The highest BCUT2D eigenvalue weighted by Gasteiger charge is 2.22. The minimum Gasteiger partial charge on any atom is -0.0616 e. The van der Waals surface area contributed by atoms with Crippen LogP contribution in [0.15, 0.2) is 194 Å². The molecule has 1 aliphatic carbocycles. The summed E-state index contributed by atoms with van der Waals surface area (Å²) in [6.45, 7) is 0. The lowest BCUT2D eigenvalue weighted by Crippen LogP contribution is -1.92. The van der Waals surface area contributed by atoms with E-state index in [1.165, 1.54) is 110 Å². The fourth-order valence-electron chi connectivity index (χ4n) is 9.08. The number of hydrogen-bond donors (Lipinski definition) is 0. The fourth-order valence-corrected chi connectivity index (χ4v) is 9.08. The van der Waals surface area contributed by atoms with Crippen molar-refractivity contribution in [1.82, 2.24) is 0 Å². The average molecular weight is 671 g/mol. The van der Waals surface area contributed by atoms with Gasteiger partial charge in [0.15, 0.2) is 0 Å². The van der Waals surface area contributed by atoms with E-state index in [0.717, 1.165) is 6.42 Å². The molecule has 53 heavy (non-hydrogen) atoms.